The van der Waals surface area contributed by atoms with Crippen LogP contribution in [-0.4, -0.2) is 18.4 Å². The van der Waals surface area contributed by atoms with E-state index in [9.17, 15) is 9.59 Å². The van der Waals surface area contributed by atoms with E-state index in [1.54, 1.807) is 12.1 Å². The van der Waals surface area contributed by atoms with Crippen LogP contribution in [0.2, 0.25) is 4.34 Å². The summed E-state index contributed by atoms with van der Waals surface area (Å²) >= 11 is 7.38. The lowest BCUT2D eigenvalue weighted by Crippen LogP contribution is -2.25. The van der Waals surface area contributed by atoms with E-state index in [4.69, 9.17) is 11.6 Å². The summed E-state index contributed by atoms with van der Waals surface area (Å²) in [5.74, 6) is -0.168. The largest absolute Gasteiger partial charge is 0.352 e. The minimum Gasteiger partial charge on any atom is -0.352 e. The van der Waals surface area contributed by atoms with Gasteiger partial charge in [-0.1, -0.05) is 17.7 Å². The van der Waals surface area contributed by atoms with Gasteiger partial charge < -0.3 is 10.6 Å². The van der Waals surface area contributed by atoms with Crippen molar-refractivity contribution in [3.05, 3.63) is 50.7 Å². The molecule has 108 valence electrons. The second kappa shape index (κ2) is 5.87. The lowest BCUT2D eigenvalue weighted by Gasteiger charge is -2.06. The van der Waals surface area contributed by atoms with Gasteiger partial charge in [0.15, 0.2) is 0 Å². The molecule has 0 aliphatic carbocycles. The van der Waals surface area contributed by atoms with Crippen molar-refractivity contribution in [1.29, 1.82) is 0 Å². The number of hydrogen-bond donors (Lipinski definition) is 2. The van der Waals surface area contributed by atoms with Gasteiger partial charge in [-0.05, 0) is 36.2 Å². The SMILES string of the molecule is O=C1Cc2ccc(C(=O)NCCc3ccc(Cl)s3)cc2N1. The molecule has 1 aromatic carbocycles. The van der Waals surface area contributed by atoms with E-state index in [1.165, 1.54) is 11.3 Å². The van der Waals surface area contributed by atoms with Gasteiger partial charge in [0.1, 0.15) is 0 Å². The van der Waals surface area contributed by atoms with Crippen molar-refractivity contribution >= 4 is 40.4 Å². The molecule has 6 heteroatoms. The van der Waals surface area contributed by atoms with E-state index in [-0.39, 0.29) is 11.8 Å². The number of carbonyl (C=O) groups excluding carboxylic acids is 2. The van der Waals surface area contributed by atoms with Gasteiger partial charge in [-0.25, -0.2) is 0 Å². The summed E-state index contributed by atoms with van der Waals surface area (Å²) in [7, 11) is 0. The first-order valence-electron chi connectivity index (χ1n) is 6.57. The number of benzene rings is 1. The number of nitrogens with one attached hydrogen (secondary N) is 2. The Bertz CT molecular complexity index is 711. The number of rotatable bonds is 4. The van der Waals surface area contributed by atoms with Gasteiger partial charge in [0.2, 0.25) is 5.91 Å². The average molecular weight is 321 g/mol. The third-order valence-corrected chi connectivity index (χ3v) is 4.57. The fourth-order valence-electron chi connectivity index (χ4n) is 2.24. The van der Waals surface area contributed by atoms with Crippen LogP contribution in [0.25, 0.3) is 0 Å². The van der Waals surface area contributed by atoms with Gasteiger partial charge in [0.25, 0.3) is 5.91 Å². The van der Waals surface area contributed by atoms with E-state index >= 15 is 0 Å². The standard InChI is InChI=1S/C15H13ClN2O2S/c16-13-4-3-11(21-13)5-6-17-15(20)10-2-1-9-8-14(19)18-12(9)7-10/h1-4,7H,5-6,8H2,(H,17,20)(H,18,19). The molecule has 21 heavy (non-hydrogen) atoms. The predicted molar refractivity (Wildman–Crippen MR) is 84.1 cm³/mol. The minimum absolute atomic E-state index is 0.0304. The van der Waals surface area contributed by atoms with Crippen LogP contribution in [0.15, 0.2) is 30.3 Å². The maximum atomic E-state index is 12.1. The van der Waals surface area contributed by atoms with Crippen molar-refractivity contribution in [3.8, 4) is 0 Å². The number of amides is 2. The Morgan fingerprint density at radius 1 is 1.33 bits per heavy atom. The third-order valence-electron chi connectivity index (χ3n) is 3.28. The van der Waals surface area contributed by atoms with Gasteiger partial charge in [0.05, 0.1) is 10.8 Å². The second-order valence-corrected chi connectivity index (χ2v) is 6.61. The van der Waals surface area contributed by atoms with Gasteiger partial charge in [-0.2, -0.15) is 0 Å². The molecule has 0 fully saturated rings. The lowest BCUT2D eigenvalue weighted by atomic mass is 10.1. The van der Waals surface area contributed by atoms with Crippen LogP contribution in [-0.2, 0) is 17.6 Å². The lowest BCUT2D eigenvalue weighted by molar-refractivity contribution is -0.115. The van der Waals surface area contributed by atoms with Crippen LogP contribution < -0.4 is 10.6 Å². The number of hydrogen-bond acceptors (Lipinski definition) is 3. The Balaban J connectivity index is 1.58. The predicted octanol–water partition coefficient (Wildman–Crippen LogP) is 2.87. The zero-order valence-electron chi connectivity index (χ0n) is 11.1. The van der Waals surface area contributed by atoms with Crippen molar-refractivity contribution in [1.82, 2.24) is 5.32 Å². The Hall–Kier alpha value is -1.85. The molecular weight excluding hydrogens is 308 g/mol. The summed E-state index contributed by atoms with van der Waals surface area (Å²) in [6.45, 7) is 0.555. The molecular formula is C15H13ClN2O2S. The molecule has 0 radical (unpaired) electrons. The molecule has 0 saturated carbocycles. The fourth-order valence-corrected chi connectivity index (χ4v) is 3.33. The molecule has 0 saturated heterocycles. The highest BCUT2D eigenvalue weighted by atomic mass is 35.5. The molecule has 0 spiro atoms. The quantitative estimate of drug-likeness (QED) is 0.910. The highest BCUT2D eigenvalue weighted by Gasteiger charge is 2.18. The molecule has 1 aliphatic heterocycles. The van der Waals surface area contributed by atoms with E-state index < -0.39 is 0 Å². The maximum Gasteiger partial charge on any atom is 0.251 e. The van der Waals surface area contributed by atoms with E-state index in [2.05, 4.69) is 10.6 Å². The van der Waals surface area contributed by atoms with Crippen LogP contribution in [0.3, 0.4) is 0 Å². The van der Waals surface area contributed by atoms with Crippen molar-refractivity contribution in [3.63, 3.8) is 0 Å². The Morgan fingerprint density at radius 2 is 2.19 bits per heavy atom. The van der Waals surface area contributed by atoms with Gasteiger partial charge in [-0.3, -0.25) is 9.59 Å². The Labute approximate surface area is 131 Å². The molecule has 2 heterocycles. The molecule has 2 amide bonds. The molecule has 0 atom stereocenters. The Kier molecular flexibility index (Phi) is 3.94. The van der Waals surface area contributed by atoms with E-state index in [0.29, 0.717) is 18.5 Å². The molecule has 1 aromatic heterocycles. The molecule has 0 unspecified atom stereocenters. The summed E-state index contributed by atoms with van der Waals surface area (Å²) in [6.07, 6.45) is 1.14. The van der Waals surface area contributed by atoms with Crippen LogP contribution in [0.5, 0.6) is 0 Å². The summed E-state index contributed by atoms with van der Waals surface area (Å²) in [6, 6.07) is 9.10. The first-order valence-corrected chi connectivity index (χ1v) is 7.76. The van der Waals surface area contributed by atoms with Gasteiger partial charge >= 0.3 is 0 Å². The first kappa shape index (κ1) is 14.1. The molecule has 4 nitrogen and oxygen atoms in total. The second-order valence-electron chi connectivity index (χ2n) is 4.81. The fraction of sp³-hybridized carbons (Fsp3) is 0.200. The number of thiophene rings is 1. The van der Waals surface area contributed by atoms with Gasteiger partial charge in [0, 0.05) is 22.7 Å². The summed E-state index contributed by atoms with van der Waals surface area (Å²) < 4.78 is 0.755. The molecule has 0 bridgehead atoms. The van der Waals surface area contributed by atoms with Crippen molar-refractivity contribution in [2.75, 3.05) is 11.9 Å². The van der Waals surface area contributed by atoms with Crippen molar-refractivity contribution < 1.29 is 9.59 Å². The van der Waals surface area contributed by atoms with Crippen LogP contribution in [0, 0.1) is 0 Å². The summed E-state index contributed by atoms with van der Waals surface area (Å²) in [4.78, 5) is 24.5. The normalized spacial score (nSPS) is 12.9. The molecule has 2 aromatic rings. The first-order chi connectivity index (χ1) is 10.1. The summed E-state index contributed by atoms with van der Waals surface area (Å²) in [5, 5.41) is 5.62. The minimum atomic E-state index is -0.137. The molecule has 1 aliphatic rings. The molecule has 3 rings (SSSR count). The number of carbonyl (C=O) groups is 2. The summed E-state index contributed by atoms with van der Waals surface area (Å²) in [5.41, 5.74) is 2.22. The topological polar surface area (TPSA) is 58.2 Å². The Morgan fingerprint density at radius 3 is 2.95 bits per heavy atom. The average Bonchev–Trinajstić information content (AvgIpc) is 3.02. The zero-order valence-corrected chi connectivity index (χ0v) is 12.7. The van der Waals surface area contributed by atoms with E-state index in [0.717, 1.165) is 26.9 Å². The number of fused-ring (bicyclic) bond motifs is 1. The van der Waals surface area contributed by atoms with Crippen LogP contribution in [0.4, 0.5) is 5.69 Å². The zero-order chi connectivity index (χ0) is 14.8. The van der Waals surface area contributed by atoms with Gasteiger partial charge in [-0.15, -0.1) is 11.3 Å². The van der Waals surface area contributed by atoms with E-state index in [1.807, 2.05) is 18.2 Å². The van der Waals surface area contributed by atoms with Crippen LogP contribution >= 0.6 is 22.9 Å². The third kappa shape index (κ3) is 3.25. The smallest absolute Gasteiger partial charge is 0.251 e. The number of halogens is 1. The number of anilines is 1. The molecule has 2 N–H and O–H groups in total. The highest BCUT2D eigenvalue weighted by molar-refractivity contribution is 7.16. The monoisotopic (exact) mass is 320 g/mol. The van der Waals surface area contributed by atoms with Crippen molar-refractivity contribution in [2.45, 2.75) is 12.8 Å². The maximum absolute atomic E-state index is 12.1. The van der Waals surface area contributed by atoms with Crippen molar-refractivity contribution in [2.24, 2.45) is 0 Å². The van der Waals surface area contributed by atoms with Crippen LogP contribution in [0.1, 0.15) is 20.8 Å². The highest BCUT2D eigenvalue weighted by Crippen LogP contribution is 2.24.